The minimum absolute atomic E-state index is 0.0792. The molecule has 1 amide bonds. The molecule has 0 atom stereocenters. The number of benzene rings is 2. The highest BCUT2D eigenvalue weighted by atomic mass is 35.5. The number of hydrogen-bond donors (Lipinski definition) is 2. The lowest BCUT2D eigenvalue weighted by Gasteiger charge is -2.59. The van der Waals surface area contributed by atoms with Crippen molar-refractivity contribution in [2.45, 2.75) is 57.9 Å². The van der Waals surface area contributed by atoms with Gasteiger partial charge in [-0.1, -0.05) is 37.6 Å². The van der Waals surface area contributed by atoms with Gasteiger partial charge >= 0.3 is 5.97 Å². The quantitative estimate of drug-likeness (QED) is 0.173. The minimum atomic E-state index is -1.29. The van der Waals surface area contributed by atoms with Crippen molar-refractivity contribution in [2.75, 3.05) is 40.5 Å². The zero-order chi connectivity index (χ0) is 34.0. The average Bonchev–Trinajstić information content (AvgIpc) is 3.09. The average molecular weight is 676 g/mol. The van der Waals surface area contributed by atoms with Gasteiger partial charge in [-0.25, -0.2) is 9.78 Å². The summed E-state index contributed by atoms with van der Waals surface area (Å²) >= 11 is 6.61. The molecule has 4 saturated carbocycles. The first-order valence-corrected chi connectivity index (χ1v) is 17.5. The van der Waals surface area contributed by atoms with Gasteiger partial charge in [-0.15, -0.1) is 0 Å². The smallest absolute Gasteiger partial charge is 0.330 e. The van der Waals surface area contributed by atoms with Crippen LogP contribution in [0, 0.1) is 23.7 Å². The number of hydrogen-bond acceptors (Lipinski definition) is 7. The fourth-order valence-electron chi connectivity index (χ4n) is 8.68. The summed E-state index contributed by atoms with van der Waals surface area (Å²) in [6.45, 7) is 7.66. The number of nitrogens with zero attached hydrogens (tertiary/aromatic N) is 2. The Bertz CT molecular complexity index is 1610. The topological polar surface area (TPSA) is 110 Å². The number of nitrogens with one attached hydrogen (secondary N) is 1. The zero-order valence-corrected chi connectivity index (χ0v) is 29.0. The van der Waals surface area contributed by atoms with E-state index in [1.165, 1.54) is 6.42 Å². The SMILES string of the molecule is CCN(CC)CCCOc1cc(-c2nc(C(=O)NC3(C(=O)O)C4CC5CC(C4)CC3C5)ccc2-c2c(OC)cccc2OC)ccc1Cl. The summed E-state index contributed by atoms with van der Waals surface area (Å²) in [5.41, 5.74) is 1.37. The first-order valence-electron chi connectivity index (χ1n) is 17.2. The van der Waals surface area contributed by atoms with Crippen LogP contribution < -0.4 is 19.5 Å². The van der Waals surface area contributed by atoms with E-state index in [9.17, 15) is 14.7 Å². The normalized spacial score (nSPS) is 24.0. The molecule has 4 bridgehead atoms. The fraction of sp³-hybridized carbons (Fsp3) is 0.500. The van der Waals surface area contributed by atoms with Gasteiger partial charge in [0.2, 0.25) is 0 Å². The zero-order valence-electron chi connectivity index (χ0n) is 28.3. The molecule has 0 saturated heterocycles. The summed E-state index contributed by atoms with van der Waals surface area (Å²) in [7, 11) is 3.19. The molecule has 0 aliphatic heterocycles. The van der Waals surface area contributed by atoms with Crippen LogP contribution in [0.4, 0.5) is 0 Å². The lowest BCUT2D eigenvalue weighted by molar-refractivity contribution is -0.163. The third-order valence-electron chi connectivity index (χ3n) is 10.9. The van der Waals surface area contributed by atoms with Crippen molar-refractivity contribution < 1.29 is 28.9 Å². The van der Waals surface area contributed by atoms with Gasteiger partial charge in [0.25, 0.3) is 5.91 Å². The number of aliphatic carboxylic acids is 1. The van der Waals surface area contributed by atoms with E-state index in [0.717, 1.165) is 51.7 Å². The molecule has 0 unspecified atom stereocenters. The van der Waals surface area contributed by atoms with Crippen molar-refractivity contribution in [3.8, 4) is 39.6 Å². The third-order valence-corrected chi connectivity index (χ3v) is 11.2. The van der Waals surface area contributed by atoms with Gasteiger partial charge in [-0.2, -0.15) is 0 Å². The minimum Gasteiger partial charge on any atom is -0.496 e. The number of carboxylic acids is 1. The molecule has 0 radical (unpaired) electrons. The van der Waals surface area contributed by atoms with Crippen LogP contribution in [-0.2, 0) is 4.79 Å². The van der Waals surface area contributed by atoms with Crippen molar-refractivity contribution in [3.05, 3.63) is 59.2 Å². The molecular weight excluding hydrogens is 630 g/mol. The van der Waals surface area contributed by atoms with E-state index in [2.05, 4.69) is 24.1 Å². The lowest BCUT2D eigenvalue weighted by Crippen LogP contribution is -2.70. The van der Waals surface area contributed by atoms with Gasteiger partial charge in [-0.3, -0.25) is 4.79 Å². The molecule has 1 aromatic heterocycles. The van der Waals surface area contributed by atoms with Gasteiger partial charge in [-0.05, 0) is 112 Å². The Kier molecular flexibility index (Phi) is 10.2. The number of carbonyl (C=O) groups is 2. The van der Waals surface area contributed by atoms with Crippen LogP contribution >= 0.6 is 11.6 Å². The highest BCUT2D eigenvalue weighted by Crippen LogP contribution is 2.58. The second kappa shape index (κ2) is 14.3. The van der Waals surface area contributed by atoms with E-state index in [0.29, 0.717) is 63.1 Å². The van der Waals surface area contributed by atoms with Crippen LogP contribution in [0.15, 0.2) is 48.5 Å². The molecule has 256 valence electrons. The van der Waals surface area contributed by atoms with Crippen LogP contribution in [0.25, 0.3) is 22.4 Å². The number of methoxy groups -OCH3 is 2. The molecular formula is C38H46ClN3O6. The number of ether oxygens (including phenoxy) is 3. The summed E-state index contributed by atoms with van der Waals surface area (Å²) in [5, 5.41) is 14.2. The summed E-state index contributed by atoms with van der Waals surface area (Å²) in [6.07, 6.45) is 5.38. The Morgan fingerprint density at radius 2 is 1.58 bits per heavy atom. The number of amides is 1. The number of rotatable bonds is 14. The summed E-state index contributed by atoms with van der Waals surface area (Å²) < 4.78 is 17.7. The number of aromatic nitrogens is 1. The number of pyridine rings is 1. The van der Waals surface area contributed by atoms with Gasteiger partial charge in [0.15, 0.2) is 0 Å². The highest BCUT2D eigenvalue weighted by molar-refractivity contribution is 6.32. The first-order chi connectivity index (χ1) is 23.2. The van der Waals surface area contributed by atoms with Crippen molar-refractivity contribution in [2.24, 2.45) is 23.7 Å². The molecule has 1 heterocycles. The standard InChI is InChI=1S/C38H46ClN3O6/c1-5-42(6-2)15-8-16-48-33-22-25(11-13-29(33)39)35-28(34-31(46-3)9-7-10-32(34)47-4)12-14-30(40-35)36(43)41-38(37(44)45)26-18-23-17-24(20-26)21-27(38)19-23/h7,9-14,22-24,26-27H,5-6,8,15-21H2,1-4H3,(H,41,43)(H,44,45). The largest absolute Gasteiger partial charge is 0.496 e. The Labute approximate surface area is 287 Å². The van der Waals surface area contributed by atoms with Crippen LogP contribution in [0.1, 0.15) is 62.9 Å². The molecule has 0 spiro atoms. The molecule has 4 aliphatic rings. The Morgan fingerprint density at radius 3 is 2.17 bits per heavy atom. The number of halogens is 1. The monoisotopic (exact) mass is 675 g/mol. The predicted octanol–water partition coefficient (Wildman–Crippen LogP) is 7.21. The Balaban J connectivity index is 1.38. The number of carbonyl (C=O) groups excluding carboxylic acids is 1. The number of carboxylic acid groups (broad SMARTS) is 1. The molecule has 4 aliphatic carbocycles. The Hall–Kier alpha value is -3.82. The van der Waals surface area contributed by atoms with E-state index in [4.69, 9.17) is 30.8 Å². The van der Waals surface area contributed by atoms with Gasteiger partial charge in [0.05, 0.1) is 37.1 Å². The van der Waals surface area contributed by atoms with E-state index >= 15 is 0 Å². The summed E-state index contributed by atoms with van der Waals surface area (Å²) in [6, 6.07) is 14.5. The van der Waals surface area contributed by atoms with E-state index in [1.54, 1.807) is 26.4 Å². The lowest BCUT2D eigenvalue weighted by atomic mass is 9.48. The maximum absolute atomic E-state index is 14.1. The highest BCUT2D eigenvalue weighted by Gasteiger charge is 2.62. The van der Waals surface area contributed by atoms with E-state index in [-0.39, 0.29) is 17.5 Å². The fourth-order valence-corrected chi connectivity index (χ4v) is 8.85. The van der Waals surface area contributed by atoms with E-state index in [1.807, 2.05) is 36.4 Å². The van der Waals surface area contributed by atoms with Gasteiger partial charge in [0.1, 0.15) is 28.5 Å². The van der Waals surface area contributed by atoms with Crippen LogP contribution in [-0.4, -0.2) is 72.9 Å². The summed E-state index contributed by atoms with van der Waals surface area (Å²) in [4.78, 5) is 34.4. The van der Waals surface area contributed by atoms with Crippen molar-refractivity contribution >= 4 is 23.5 Å². The molecule has 10 heteroatoms. The molecule has 48 heavy (non-hydrogen) atoms. The second-order valence-corrected chi connectivity index (χ2v) is 13.8. The van der Waals surface area contributed by atoms with Gasteiger partial charge < -0.3 is 29.5 Å². The maximum Gasteiger partial charge on any atom is 0.330 e. The van der Waals surface area contributed by atoms with Crippen molar-refractivity contribution in [1.29, 1.82) is 0 Å². The molecule has 2 aromatic carbocycles. The first kappa shape index (κ1) is 34.1. The summed E-state index contributed by atoms with van der Waals surface area (Å²) in [5.74, 6) is 1.18. The maximum atomic E-state index is 14.1. The Morgan fingerprint density at radius 1 is 0.938 bits per heavy atom. The molecule has 7 rings (SSSR count). The van der Waals surface area contributed by atoms with E-state index < -0.39 is 17.4 Å². The van der Waals surface area contributed by atoms with Crippen LogP contribution in [0.5, 0.6) is 17.2 Å². The predicted molar refractivity (Wildman–Crippen MR) is 186 cm³/mol. The van der Waals surface area contributed by atoms with Crippen LogP contribution in [0.3, 0.4) is 0 Å². The molecule has 9 nitrogen and oxygen atoms in total. The van der Waals surface area contributed by atoms with Crippen LogP contribution in [0.2, 0.25) is 5.02 Å². The van der Waals surface area contributed by atoms with Crippen molar-refractivity contribution in [1.82, 2.24) is 15.2 Å². The van der Waals surface area contributed by atoms with Crippen molar-refractivity contribution in [3.63, 3.8) is 0 Å². The second-order valence-electron chi connectivity index (χ2n) is 13.4. The van der Waals surface area contributed by atoms with Gasteiger partial charge in [0, 0.05) is 17.7 Å². The molecule has 2 N–H and O–H groups in total. The molecule has 3 aromatic rings. The molecule has 4 fully saturated rings. The third kappa shape index (κ3) is 6.34.